The van der Waals surface area contributed by atoms with Crippen LogP contribution in [0.15, 0.2) is 35.4 Å². The highest BCUT2D eigenvalue weighted by atomic mass is 32.2. The third-order valence-corrected chi connectivity index (χ3v) is 7.58. The zero-order valence-corrected chi connectivity index (χ0v) is 18.7. The van der Waals surface area contributed by atoms with E-state index in [1.54, 1.807) is 0 Å². The highest BCUT2D eigenvalue weighted by Crippen LogP contribution is 2.34. The van der Waals surface area contributed by atoms with Crippen LogP contribution in [-0.2, 0) is 24.1 Å². The maximum atomic E-state index is 13.1. The molecule has 1 saturated heterocycles. The first-order valence-electron chi connectivity index (χ1n) is 11.0. The van der Waals surface area contributed by atoms with Crippen LogP contribution in [-0.4, -0.2) is 34.1 Å². The van der Waals surface area contributed by atoms with Crippen LogP contribution in [0.1, 0.15) is 54.1 Å². The summed E-state index contributed by atoms with van der Waals surface area (Å²) in [6, 6.07) is 13.0. The Hall–Kier alpha value is -2.32. The molecule has 2 heterocycles. The first kappa shape index (κ1) is 20.9. The fourth-order valence-electron chi connectivity index (χ4n) is 4.74. The summed E-state index contributed by atoms with van der Waals surface area (Å²) < 4.78 is 0. The van der Waals surface area contributed by atoms with Crippen molar-refractivity contribution in [2.45, 2.75) is 62.6 Å². The molecule has 0 N–H and O–H groups in total. The number of thioether (sulfide) groups is 1. The Balaban J connectivity index is 1.37. The molecule has 1 aromatic carbocycles. The van der Waals surface area contributed by atoms with Crippen LogP contribution >= 0.6 is 11.8 Å². The Morgan fingerprint density at radius 1 is 1.27 bits per heavy atom. The van der Waals surface area contributed by atoms with Crippen LogP contribution in [0.25, 0.3) is 0 Å². The topological polar surface area (TPSA) is 57.0 Å². The van der Waals surface area contributed by atoms with E-state index in [9.17, 15) is 10.1 Å². The third kappa shape index (κ3) is 4.39. The number of carbonyl (C=O) groups excluding carboxylic acids is 1. The lowest BCUT2D eigenvalue weighted by Crippen LogP contribution is -2.42. The van der Waals surface area contributed by atoms with Crippen LogP contribution in [0.2, 0.25) is 0 Å². The summed E-state index contributed by atoms with van der Waals surface area (Å²) in [5.41, 5.74) is 5.46. The minimum absolute atomic E-state index is 0.169. The number of nitrogens with zero attached hydrogens (tertiary/aromatic N) is 3. The van der Waals surface area contributed by atoms with Crippen molar-refractivity contribution in [2.75, 3.05) is 13.1 Å². The summed E-state index contributed by atoms with van der Waals surface area (Å²) in [5.74, 6) is 0.813. The molecule has 0 spiro atoms. The summed E-state index contributed by atoms with van der Waals surface area (Å²) in [6.45, 7) is 5.62. The number of fused-ring (bicyclic) bond motifs is 1. The zero-order valence-electron chi connectivity index (χ0n) is 17.9. The molecule has 0 bridgehead atoms. The number of hydrogen-bond donors (Lipinski definition) is 0. The molecule has 4 nitrogen and oxygen atoms in total. The maximum Gasteiger partial charge on any atom is 0.235 e. The Morgan fingerprint density at radius 2 is 2.00 bits per heavy atom. The Morgan fingerprint density at radius 3 is 2.70 bits per heavy atom. The van der Waals surface area contributed by atoms with Gasteiger partial charge in [-0.3, -0.25) is 4.79 Å². The van der Waals surface area contributed by atoms with Crippen molar-refractivity contribution in [2.24, 2.45) is 5.92 Å². The normalized spacial score (nSPS) is 17.4. The summed E-state index contributed by atoms with van der Waals surface area (Å²) in [6.07, 6.45) is 6.30. The van der Waals surface area contributed by atoms with Gasteiger partial charge in [-0.15, -0.1) is 0 Å². The molecule has 1 fully saturated rings. The molecule has 5 heteroatoms. The van der Waals surface area contributed by atoms with Gasteiger partial charge in [0.1, 0.15) is 11.1 Å². The lowest BCUT2D eigenvalue weighted by atomic mass is 9.90. The van der Waals surface area contributed by atoms with E-state index >= 15 is 0 Å². The van der Waals surface area contributed by atoms with E-state index in [1.807, 2.05) is 18.7 Å². The second-order valence-corrected chi connectivity index (χ2v) is 9.86. The standard InChI is InChI=1S/C25H29N3OS/c1-17-21-9-6-10-23(21)27-24(22(17)16-26)30-18(2)25(29)28-13-11-20(12-14-28)15-19-7-4-3-5-8-19/h3-5,7-8,18,20H,6,9-15H2,1-2H3. The zero-order chi connectivity index (χ0) is 21.1. The minimum atomic E-state index is -0.228. The Bertz CT molecular complexity index is 959. The van der Waals surface area contributed by atoms with Crippen LogP contribution in [0.4, 0.5) is 0 Å². The smallest absolute Gasteiger partial charge is 0.235 e. The van der Waals surface area contributed by atoms with Crippen LogP contribution in [0, 0.1) is 24.2 Å². The predicted molar refractivity (Wildman–Crippen MR) is 120 cm³/mol. The van der Waals surface area contributed by atoms with Crippen molar-refractivity contribution in [1.82, 2.24) is 9.88 Å². The van der Waals surface area contributed by atoms with Gasteiger partial charge in [0.05, 0.1) is 10.8 Å². The maximum absolute atomic E-state index is 13.1. The van der Waals surface area contributed by atoms with Gasteiger partial charge in [0.15, 0.2) is 0 Å². The summed E-state index contributed by atoms with van der Waals surface area (Å²) >= 11 is 1.46. The molecular formula is C25H29N3OS. The first-order chi connectivity index (χ1) is 14.6. The van der Waals surface area contributed by atoms with Crippen LogP contribution in [0.5, 0.6) is 0 Å². The van der Waals surface area contributed by atoms with Crippen molar-refractivity contribution in [1.29, 1.82) is 5.26 Å². The second kappa shape index (κ2) is 9.22. The van der Waals surface area contributed by atoms with Crippen molar-refractivity contribution in [3.8, 4) is 6.07 Å². The molecule has 1 amide bonds. The van der Waals surface area contributed by atoms with Crippen LogP contribution < -0.4 is 0 Å². The Kier molecular flexibility index (Phi) is 6.43. The fourth-order valence-corrected chi connectivity index (χ4v) is 5.81. The number of hydrogen-bond acceptors (Lipinski definition) is 4. The number of aromatic nitrogens is 1. The van der Waals surface area contributed by atoms with E-state index in [1.165, 1.54) is 22.9 Å². The fraction of sp³-hybridized carbons (Fsp3) is 0.480. The number of carbonyl (C=O) groups is 1. The first-order valence-corrected chi connectivity index (χ1v) is 11.9. The molecular weight excluding hydrogens is 390 g/mol. The molecule has 0 radical (unpaired) electrons. The molecule has 2 aliphatic rings. The summed E-state index contributed by atoms with van der Waals surface area (Å²) in [4.78, 5) is 19.9. The molecule has 1 unspecified atom stereocenters. The molecule has 0 saturated carbocycles. The van der Waals surface area contributed by atoms with E-state index in [2.05, 4.69) is 36.4 Å². The van der Waals surface area contributed by atoms with E-state index in [0.717, 1.165) is 67.9 Å². The average molecular weight is 420 g/mol. The lowest BCUT2D eigenvalue weighted by Gasteiger charge is -2.33. The average Bonchev–Trinajstić information content (AvgIpc) is 3.24. The second-order valence-electron chi connectivity index (χ2n) is 8.53. The number of nitriles is 1. The van der Waals surface area contributed by atoms with Crippen molar-refractivity contribution in [3.63, 3.8) is 0 Å². The largest absolute Gasteiger partial charge is 0.342 e. The highest BCUT2D eigenvalue weighted by molar-refractivity contribution is 8.00. The molecule has 30 heavy (non-hydrogen) atoms. The van der Waals surface area contributed by atoms with Gasteiger partial charge in [0, 0.05) is 18.8 Å². The molecule has 1 aliphatic carbocycles. The van der Waals surface area contributed by atoms with Gasteiger partial charge in [-0.1, -0.05) is 42.1 Å². The molecule has 1 atom stereocenters. The van der Waals surface area contributed by atoms with Gasteiger partial charge in [0.2, 0.25) is 5.91 Å². The number of likely N-dealkylation sites (tertiary alicyclic amines) is 1. The number of aryl methyl sites for hydroxylation is 1. The summed E-state index contributed by atoms with van der Waals surface area (Å²) in [7, 11) is 0. The number of amides is 1. The van der Waals surface area contributed by atoms with Crippen molar-refractivity contribution in [3.05, 3.63) is 58.3 Å². The van der Waals surface area contributed by atoms with Crippen LogP contribution in [0.3, 0.4) is 0 Å². The molecule has 2 aromatic rings. The van der Waals surface area contributed by atoms with E-state index in [0.29, 0.717) is 11.5 Å². The molecule has 4 rings (SSSR count). The monoisotopic (exact) mass is 419 g/mol. The minimum Gasteiger partial charge on any atom is -0.342 e. The predicted octanol–water partition coefficient (Wildman–Crippen LogP) is 4.71. The van der Waals surface area contributed by atoms with Gasteiger partial charge in [-0.05, 0) is 75.0 Å². The Labute approximate surface area is 183 Å². The van der Waals surface area contributed by atoms with Gasteiger partial charge in [-0.25, -0.2) is 4.98 Å². The number of rotatable bonds is 5. The van der Waals surface area contributed by atoms with Crippen molar-refractivity contribution < 1.29 is 4.79 Å². The van der Waals surface area contributed by atoms with Gasteiger partial charge in [0.25, 0.3) is 0 Å². The number of pyridine rings is 1. The van der Waals surface area contributed by atoms with Crippen molar-refractivity contribution >= 4 is 17.7 Å². The number of piperidine rings is 1. The van der Waals surface area contributed by atoms with E-state index < -0.39 is 0 Å². The summed E-state index contributed by atoms with van der Waals surface area (Å²) in [5, 5.41) is 10.2. The van der Waals surface area contributed by atoms with Gasteiger partial charge in [-0.2, -0.15) is 5.26 Å². The van der Waals surface area contributed by atoms with Gasteiger partial charge >= 0.3 is 0 Å². The quantitative estimate of drug-likeness (QED) is 0.659. The molecule has 1 aromatic heterocycles. The molecule has 1 aliphatic heterocycles. The number of benzene rings is 1. The van der Waals surface area contributed by atoms with E-state index in [-0.39, 0.29) is 11.2 Å². The lowest BCUT2D eigenvalue weighted by molar-refractivity contribution is -0.131. The highest BCUT2D eigenvalue weighted by Gasteiger charge is 2.29. The van der Waals surface area contributed by atoms with E-state index in [4.69, 9.17) is 4.98 Å². The van der Waals surface area contributed by atoms with Gasteiger partial charge < -0.3 is 4.90 Å². The third-order valence-electron chi connectivity index (χ3n) is 6.51. The molecule has 156 valence electrons. The SMILES string of the molecule is Cc1c(C#N)c(SC(C)C(=O)N2CCC(Cc3ccccc3)CC2)nc2c1CCC2.